The van der Waals surface area contributed by atoms with Crippen LogP contribution in [0, 0.1) is 6.92 Å². The molecular formula is C25H29N5O4S. The van der Waals surface area contributed by atoms with E-state index in [4.69, 9.17) is 19.2 Å². The van der Waals surface area contributed by atoms with E-state index in [-0.39, 0.29) is 5.91 Å². The van der Waals surface area contributed by atoms with Crippen molar-refractivity contribution in [1.82, 2.24) is 19.3 Å². The molecule has 1 aliphatic heterocycles. The van der Waals surface area contributed by atoms with Crippen LogP contribution in [0.25, 0.3) is 15.9 Å². The number of aromatic nitrogens is 3. The SMILES string of the molecule is COc1ccc(OC)c2sc(N(CCCN3CCOCC3)C(=O)c3c(C)nc4ccccn34)nc12. The number of aryl methyl sites for hydroxylation is 1. The summed E-state index contributed by atoms with van der Waals surface area (Å²) in [7, 11) is 3.25. The van der Waals surface area contributed by atoms with Gasteiger partial charge in [-0.2, -0.15) is 0 Å². The Labute approximate surface area is 207 Å². The van der Waals surface area contributed by atoms with Crippen LogP contribution < -0.4 is 14.4 Å². The monoisotopic (exact) mass is 495 g/mol. The maximum Gasteiger partial charge on any atom is 0.278 e. The van der Waals surface area contributed by atoms with Crippen molar-refractivity contribution in [2.24, 2.45) is 0 Å². The first-order valence-electron chi connectivity index (χ1n) is 11.7. The normalized spacial score (nSPS) is 14.5. The summed E-state index contributed by atoms with van der Waals surface area (Å²) >= 11 is 1.43. The maximum absolute atomic E-state index is 14.0. The zero-order valence-corrected chi connectivity index (χ0v) is 21.0. The standard InChI is InChI=1S/C25H29N5O4S/c1-17-22(29-11-5-4-7-20(29)26-17)24(31)30(12-6-10-28-13-15-34-16-14-28)25-27-21-18(32-2)8-9-19(33-3)23(21)35-25/h4-5,7-9,11H,6,10,12-16H2,1-3H3. The molecule has 0 unspecified atom stereocenters. The molecule has 9 nitrogen and oxygen atoms in total. The molecule has 0 bridgehead atoms. The first kappa shape index (κ1) is 23.5. The number of imidazole rings is 1. The summed E-state index contributed by atoms with van der Waals surface area (Å²) < 4.78 is 19.3. The van der Waals surface area contributed by atoms with E-state index in [9.17, 15) is 4.79 Å². The number of ether oxygens (including phenoxy) is 3. The number of anilines is 1. The first-order valence-corrected chi connectivity index (χ1v) is 12.5. The molecule has 1 saturated heterocycles. The van der Waals surface area contributed by atoms with E-state index in [1.54, 1.807) is 19.1 Å². The van der Waals surface area contributed by atoms with Gasteiger partial charge in [0.15, 0.2) is 5.13 Å². The molecule has 4 heterocycles. The highest BCUT2D eigenvalue weighted by molar-refractivity contribution is 7.22. The van der Waals surface area contributed by atoms with E-state index >= 15 is 0 Å². The van der Waals surface area contributed by atoms with E-state index < -0.39 is 0 Å². The molecule has 0 aliphatic carbocycles. The highest BCUT2D eigenvalue weighted by Crippen LogP contribution is 2.40. The third kappa shape index (κ3) is 4.56. The Morgan fingerprint density at radius 3 is 2.66 bits per heavy atom. The number of nitrogens with zero attached hydrogens (tertiary/aromatic N) is 5. The summed E-state index contributed by atoms with van der Waals surface area (Å²) in [6, 6.07) is 9.43. The molecule has 5 rings (SSSR count). The fraction of sp³-hybridized carbons (Fsp3) is 0.400. The van der Waals surface area contributed by atoms with Gasteiger partial charge in [-0.25, -0.2) is 9.97 Å². The molecule has 1 aliphatic rings. The number of hydrogen-bond donors (Lipinski definition) is 0. The molecule has 184 valence electrons. The Morgan fingerprint density at radius 2 is 1.89 bits per heavy atom. The summed E-state index contributed by atoms with van der Waals surface area (Å²) in [6.07, 6.45) is 2.69. The van der Waals surface area contributed by atoms with E-state index in [1.807, 2.05) is 47.9 Å². The predicted molar refractivity (Wildman–Crippen MR) is 136 cm³/mol. The van der Waals surface area contributed by atoms with Gasteiger partial charge in [0.1, 0.15) is 33.1 Å². The number of carbonyl (C=O) groups excluding carboxylic acids is 1. The third-order valence-electron chi connectivity index (χ3n) is 6.24. The minimum absolute atomic E-state index is 0.125. The van der Waals surface area contributed by atoms with Crippen LogP contribution in [0.5, 0.6) is 11.5 Å². The number of rotatable bonds is 8. The summed E-state index contributed by atoms with van der Waals surface area (Å²) in [4.78, 5) is 27.6. The summed E-state index contributed by atoms with van der Waals surface area (Å²) in [5, 5.41) is 0.611. The third-order valence-corrected chi connectivity index (χ3v) is 7.33. The molecule has 35 heavy (non-hydrogen) atoms. The van der Waals surface area contributed by atoms with Gasteiger partial charge in [-0.15, -0.1) is 0 Å². The Hall–Kier alpha value is -3.21. The van der Waals surface area contributed by atoms with Gasteiger partial charge in [0.05, 0.1) is 33.1 Å². The lowest BCUT2D eigenvalue weighted by atomic mass is 10.2. The van der Waals surface area contributed by atoms with Gasteiger partial charge in [-0.3, -0.25) is 19.0 Å². The smallest absolute Gasteiger partial charge is 0.278 e. The van der Waals surface area contributed by atoms with Crippen molar-refractivity contribution in [3.05, 3.63) is 47.9 Å². The molecule has 1 fully saturated rings. The van der Waals surface area contributed by atoms with Gasteiger partial charge in [0.25, 0.3) is 5.91 Å². The minimum Gasteiger partial charge on any atom is -0.495 e. The van der Waals surface area contributed by atoms with E-state index in [2.05, 4.69) is 9.88 Å². The largest absolute Gasteiger partial charge is 0.495 e. The number of hydrogen-bond acceptors (Lipinski definition) is 8. The van der Waals surface area contributed by atoms with E-state index in [1.165, 1.54) is 11.3 Å². The fourth-order valence-electron chi connectivity index (χ4n) is 4.45. The Morgan fingerprint density at radius 1 is 1.11 bits per heavy atom. The number of carbonyl (C=O) groups is 1. The molecule has 4 aromatic rings. The van der Waals surface area contributed by atoms with Crippen molar-refractivity contribution in [1.29, 1.82) is 0 Å². The summed E-state index contributed by atoms with van der Waals surface area (Å²) in [5.41, 5.74) is 2.67. The van der Waals surface area contributed by atoms with Gasteiger partial charge < -0.3 is 14.2 Å². The maximum atomic E-state index is 14.0. The predicted octanol–water partition coefficient (Wildman–Crippen LogP) is 3.64. The highest BCUT2D eigenvalue weighted by atomic mass is 32.1. The lowest BCUT2D eigenvalue weighted by molar-refractivity contribution is 0.0376. The highest BCUT2D eigenvalue weighted by Gasteiger charge is 2.27. The lowest BCUT2D eigenvalue weighted by Gasteiger charge is -2.27. The van der Waals surface area contributed by atoms with Crippen molar-refractivity contribution < 1.29 is 19.0 Å². The molecule has 0 N–H and O–H groups in total. The van der Waals surface area contributed by atoms with Crippen molar-refractivity contribution in [2.75, 3.05) is 58.5 Å². The van der Waals surface area contributed by atoms with Gasteiger partial charge >= 0.3 is 0 Å². The second kappa shape index (κ2) is 10.2. The van der Waals surface area contributed by atoms with Crippen LogP contribution in [0.4, 0.5) is 5.13 Å². The topological polar surface area (TPSA) is 81.4 Å². The van der Waals surface area contributed by atoms with E-state index in [0.717, 1.165) is 49.6 Å². The van der Waals surface area contributed by atoms with Crippen molar-refractivity contribution in [3.63, 3.8) is 0 Å². The van der Waals surface area contributed by atoms with E-state index in [0.29, 0.717) is 40.1 Å². The fourth-order valence-corrected chi connectivity index (χ4v) is 5.55. The van der Waals surface area contributed by atoms with Gasteiger partial charge in [0.2, 0.25) is 0 Å². The van der Waals surface area contributed by atoms with Crippen molar-refractivity contribution >= 4 is 38.2 Å². The number of amides is 1. The van der Waals surface area contributed by atoms with Crippen LogP contribution in [0.3, 0.4) is 0 Å². The molecule has 1 aromatic carbocycles. The Balaban J connectivity index is 1.53. The lowest BCUT2D eigenvalue weighted by Crippen LogP contribution is -2.39. The number of pyridine rings is 1. The van der Waals surface area contributed by atoms with Gasteiger partial charge in [-0.05, 0) is 37.6 Å². The molecule has 0 radical (unpaired) electrons. The number of thiazole rings is 1. The van der Waals surface area contributed by atoms with Gasteiger partial charge in [-0.1, -0.05) is 17.4 Å². The quantitative estimate of drug-likeness (QED) is 0.369. The van der Waals surface area contributed by atoms with Crippen LogP contribution in [0.1, 0.15) is 22.6 Å². The minimum atomic E-state index is -0.125. The molecule has 3 aromatic heterocycles. The van der Waals surface area contributed by atoms with Crippen LogP contribution in [0.2, 0.25) is 0 Å². The number of morpholine rings is 1. The van der Waals surface area contributed by atoms with Crippen LogP contribution in [0.15, 0.2) is 36.5 Å². The summed E-state index contributed by atoms with van der Waals surface area (Å²) in [6.45, 7) is 6.61. The molecular weight excluding hydrogens is 466 g/mol. The zero-order valence-electron chi connectivity index (χ0n) is 20.2. The second-order valence-electron chi connectivity index (χ2n) is 8.38. The summed E-state index contributed by atoms with van der Waals surface area (Å²) in [5.74, 6) is 1.23. The number of fused-ring (bicyclic) bond motifs is 2. The van der Waals surface area contributed by atoms with Gasteiger partial charge in [0, 0.05) is 32.4 Å². The van der Waals surface area contributed by atoms with Crippen LogP contribution in [-0.2, 0) is 4.74 Å². The molecule has 10 heteroatoms. The molecule has 0 atom stereocenters. The molecule has 0 spiro atoms. The average Bonchev–Trinajstić information content (AvgIpc) is 3.47. The Kier molecular flexibility index (Phi) is 6.85. The average molecular weight is 496 g/mol. The molecule has 0 saturated carbocycles. The van der Waals surface area contributed by atoms with Crippen molar-refractivity contribution in [3.8, 4) is 11.5 Å². The molecule has 1 amide bonds. The van der Waals surface area contributed by atoms with Crippen LogP contribution >= 0.6 is 11.3 Å². The van der Waals surface area contributed by atoms with Crippen LogP contribution in [-0.4, -0.2) is 78.8 Å². The second-order valence-corrected chi connectivity index (χ2v) is 9.36. The number of benzene rings is 1. The zero-order chi connectivity index (χ0) is 24.4. The van der Waals surface area contributed by atoms with Crippen molar-refractivity contribution in [2.45, 2.75) is 13.3 Å². The first-order chi connectivity index (χ1) is 17.1. The number of methoxy groups -OCH3 is 2. The Bertz CT molecular complexity index is 1300.